The van der Waals surface area contributed by atoms with Crippen LogP contribution in [0.15, 0.2) is 36.5 Å². The Morgan fingerprint density at radius 3 is 2.72 bits per heavy atom. The number of ether oxygens (including phenoxy) is 1. The molecule has 1 amide bonds. The number of hydrogen-bond donors (Lipinski definition) is 2. The molecule has 0 aliphatic heterocycles. The smallest absolute Gasteiger partial charge is 0.257 e. The summed E-state index contributed by atoms with van der Waals surface area (Å²) < 4.78 is 5.09. The number of anilines is 1. The zero-order valence-corrected chi connectivity index (χ0v) is 11.0. The summed E-state index contributed by atoms with van der Waals surface area (Å²) in [6.07, 6.45) is 1.75. The summed E-state index contributed by atoms with van der Waals surface area (Å²) in [6.45, 7) is 1.86. The van der Waals surface area contributed by atoms with E-state index < -0.39 is 0 Å². The first-order valence-electron chi connectivity index (χ1n) is 5.30. The van der Waals surface area contributed by atoms with Gasteiger partial charge in [0.25, 0.3) is 5.91 Å². The summed E-state index contributed by atoms with van der Waals surface area (Å²) in [5, 5.41) is 2.82. The number of aryl methyl sites for hydroxylation is 1. The third-order valence-corrected chi connectivity index (χ3v) is 2.53. The van der Waals surface area contributed by atoms with E-state index in [1.165, 1.54) is 0 Å². The van der Waals surface area contributed by atoms with Crippen LogP contribution in [-0.4, -0.2) is 18.0 Å². The molecular weight excluding hydrogens is 252 g/mol. The largest absolute Gasteiger partial charge is 0.497 e. The highest BCUT2D eigenvalue weighted by Crippen LogP contribution is 2.18. The van der Waals surface area contributed by atoms with E-state index in [1.807, 2.05) is 25.1 Å². The molecule has 0 aliphatic rings. The van der Waals surface area contributed by atoms with Crippen molar-refractivity contribution in [3.05, 3.63) is 47.8 Å². The molecule has 5 heteroatoms. The molecule has 0 saturated heterocycles. The van der Waals surface area contributed by atoms with Crippen LogP contribution in [0.5, 0.6) is 5.75 Å². The average molecular weight is 267 g/mol. The van der Waals surface area contributed by atoms with E-state index in [0.29, 0.717) is 11.3 Å². The van der Waals surface area contributed by atoms with Crippen LogP contribution in [-0.2, 0) is 0 Å². The van der Waals surface area contributed by atoms with Gasteiger partial charge in [0, 0.05) is 23.6 Å². The number of H-pyrrole nitrogens is 1. The van der Waals surface area contributed by atoms with Crippen LogP contribution in [0, 0.1) is 6.92 Å². The van der Waals surface area contributed by atoms with E-state index in [1.54, 1.807) is 25.4 Å². The molecule has 1 heterocycles. The third-order valence-electron chi connectivity index (χ3n) is 2.53. The number of rotatable bonds is 3. The molecule has 0 bridgehead atoms. The van der Waals surface area contributed by atoms with Gasteiger partial charge in [0.05, 0.1) is 12.7 Å². The minimum Gasteiger partial charge on any atom is -0.497 e. The molecule has 0 saturated carbocycles. The van der Waals surface area contributed by atoms with Crippen LogP contribution in [0.3, 0.4) is 0 Å². The van der Waals surface area contributed by atoms with E-state index >= 15 is 0 Å². The van der Waals surface area contributed by atoms with Gasteiger partial charge in [0.2, 0.25) is 0 Å². The minimum absolute atomic E-state index is 0. The Kier molecular flexibility index (Phi) is 4.80. The number of halogens is 1. The molecule has 1 aromatic heterocycles. The van der Waals surface area contributed by atoms with Crippen molar-refractivity contribution in [3.63, 3.8) is 0 Å². The SMILES string of the molecule is COc1cccc(NC(=O)c2cc[nH]c2C)c1.Cl. The monoisotopic (exact) mass is 266 g/mol. The van der Waals surface area contributed by atoms with Crippen LogP contribution in [0.25, 0.3) is 0 Å². The van der Waals surface area contributed by atoms with Crippen LogP contribution < -0.4 is 10.1 Å². The number of benzene rings is 1. The van der Waals surface area contributed by atoms with Gasteiger partial charge in [-0.1, -0.05) is 6.07 Å². The fraction of sp³-hybridized carbons (Fsp3) is 0.154. The van der Waals surface area contributed by atoms with Gasteiger partial charge >= 0.3 is 0 Å². The highest BCUT2D eigenvalue weighted by Gasteiger charge is 2.09. The number of carbonyl (C=O) groups is 1. The van der Waals surface area contributed by atoms with Crippen LogP contribution in [0.1, 0.15) is 16.1 Å². The molecule has 0 aliphatic carbocycles. The molecule has 0 unspecified atom stereocenters. The Bertz CT molecular complexity index is 537. The molecular formula is C13H15ClN2O2. The molecule has 0 spiro atoms. The first-order chi connectivity index (χ1) is 8.20. The summed E-state index contributed by atoms with van der Waals surface area (Å²) in [4.78, 5) is 14.9. The van der Waals surface area contributed by atoms with Gasteiger partial charge in [-0.15, -0.1) is 12.4 Å². The number of carbonyl (C=O) groups excluding carboxylic acids is 1. The highest BCUT2D eigenvalue weighted by molar-refractivity contribution is 6.05. The molecule has 0 fully saturated rings. The second-order valence-electron chi connectivity index (χ2n) is 3.70. The van der Waals surface area contributed by atoms with Gasteiger partial charge in [-0.05, 0) is 25.1 Å². The van der Waals surface area contributed by atoms with Crippen molar-refractivity contribution in [3.8, 4) is 5.75 Å². The van der Waals surface area contributed by atoms with Crippen molar-refractivity contribution < 1.29 is 9.53 Å². The minimum atomic E-state index is -0.128. The van der Waals surface area contributed by atoms with E-state index in [2.05, 4.69) is 10.3 Å². The fourth-order valence-corrected chi connectivity index (χ4v) is 1.60. The van der Waals surface area contributed by atoms with Crippen LogP contribution in [0.4, 0.5) is 5.69 Å². The second-order valence-corrected chi connectivity index (χ2v) is 3.70. The van der Waals surface area contributed by atoms with Gasteiger partial charge < -0.3 is 15.0 Å². The summed E-state index contributed by atoms with van der Waals surface area (Å²) in [5.41, 5.74) is 2.22. The van der Waals surface area contributed by atoms with Crippen molar-refractivity contribution >= 4 is 24.0 Å². The lowest BCUT2D eigenvalue weighted by molar-refractivity contribution is 0.102. The third kappa shape index (κ3) is 3.05. The maximum Gasteiger partial charge on any atom is 0.257 e. The Morgan fingerprint density at radius 1 is 1.33 bits per heavy atom. The first-order valence-corrected chi connectivity index (χ1v) is 5.30. The fourth-order valence-electron chi connectivity index (χ4n) is 1.60. The molecule has 0 atom stereocenters. The molecule has 1 aromatic carbocycles. The Labute approximate surface area is 112 Å². The number of aromatic nitrogens is 1. The Morgan fingerprint density at radius 2 is 2.11 bits per heavy atom. The summed E-state index contributed by atoms with van der Waals surface area (Å²) in [5.74, 6) is 0.589. The van der Waals surface area contributed by atoms with Crippen LogP contribution >= 0.6 is 12.4 Å². The molecule has 96 valence electrons. The summed E-state index contributed by atoms with van der Waals surface area (Å²) >= 11 is 0. The molecule has 4 nitrogen and oxygen atoms in total. The first kappa shape index (κ1) is 14.1. The van der Waals surface area contributed by atoms with Crippen molar-refractivity contribution in [2.75, 3.05) is 12.4 Å². The van der Waals surface area contributed by atoms with Gasteiger partial charge in [-0.2, -0.15) is 0 Å². The molecule has 18 heavy (non-hydrogen) atoms. The zero-order chi connectivity index (χ0) is 12.3. The Balaban J connectivity index is 0.00000162. The van der Waals surface area contributed by atoms with Crippen molar-refractivity contribution in [1.29, 1.82) is 0 Å². The van der Waals surface area contributed by atoms with Gasteiger partial charge in [0.15, 0.2) is 0 Å². The van der Waals surface area contributed by atoms with E-state index in [4.69, 9.17) is 4.74 Å². The lowest BCUT2D eigenvalue weighted by Gasteiger charge is -2.06. The topological polar surface area (TPSA) is 54.1 Å². The van der Waals surface area contributed by atoms with Gasteiger partial charge in [-0.3, -0.25) is 4.79 Å². The maximum absolute atomic E-state index is 11.9. The van der Waals surface area contributed by atoms with Crippen molar-refractivity contribution in [2.24, 2.45) is 0 Å². The molecule has 2 rings (SSSR count). The average Bonchev–Trinajstić information content (AvgIpc) is 2.76. The predicted octanol–water partition coefficient (Wildman–Crippen LogP) is 3.01. The standard InChI is InChI=1S/C13H14N2O2.ClH/c1-9-12(6-7-14-9)13(16)15-10-4-3-5-11(8-10)17-2;/h3-8,14H,1-2H3,(H,15,16);1H. The quantitative estimate of drug-likeness (QED) is 0.897. The highest BCUT2D eigenvalue weighted by atomic mass is 35.5. The molecule has 2 aromatic rings. The number of amides is 1. The van der Waals surface area contributed by atoms with Crippen molar-refractivity contribution in [2.45, 2.75) is 6.92 Å². The molecule has 0 radical (unpaired) electrons. The number of methoxy groups -OCH3 is 1. The van der Waals surface area contributed by atoms with Crippen LogP contribution in [0.2, 0.25) is 0 Å². The number of nitrogens with one attached hydrogen (secondary N) is 2. The predicted molar refractivity (Wildman–Crippen MR) is 73.7 cm³/mol. The van der Waals surface area contributed by atoms with E-state index in [0.717, 1.165) is 11.4 Å². The maximum atomic E-state index is 11.9. The lowest BCUT2D eigenvalue weighted by atomic mass is 10.2. The van der Waals surface area contributed by atoms with E-state index in [9.17, 15) is 4.79 Å². The van der Waals surface area contributed by atoms with Gasteiger partial charge in [0.1, 0.15) is 5.75 Å². The zero-order valence-electron chi connectivity index (χ0n) is 10.2. The normalized spacial score (nSPS) is 9.44. The second kappa shape index (κ2) is 6.12. The van der Waals surface area contributed by atoms with Gasteiger partial charge in [-0.25, -0.2) is 0 Å². The van der Waals surface area contributed by atoms with E-state index in [-0.39, 0.29) is 18.3 Å². The molecule has 2 N–H and O–H groups in total. The Hall–Kier alpha value is -1.94. The number of hydrogen-bond acceptors (Lipinski definition) is 2. The summed E-state index contributed by atoms with van der Waals surface area (Å²) in [7, 11) is 1.59. The number of aromatic amines is 1. The summed E-state index contributed by atoms with van der Waals surface area (Å²) in [6, 6.07) is 9.02. The van der Waals surface area contributed by atoms with Crippen molar-refractivity contribution in [1.82, 2.24) is 4.98 Å². The lowest BCUT2D eigenvalue weighted by Crippen LogP contribution is -2.12.